The fourth-order valence-corrected chi connectivity index (χ4v) is 4.71. The van der Waals surface area contributed by atoms with Gasteiger partial charge in [-0.15, -0.1) is 0 Å². The van der Waals surface area contributed by atoms with Gasteiger partial charge in [-0.2, -0.15) is 11.8 Å². The highest BCUT2D eigenvalue weighted by Crippen LogP contribution is 2.46. The Morgan fingerprint density at radius 3 is 2.68 bits per heavy atom. The molecule has 19 heavy (non-hydrogen) atoms. The van der Waals surface area contributed by atoms with Crippen LogP contribution in [-0.2, 0) is 16.6 Å². The van der Waals surface area contributed by atoms with Crippen LogP contribution in [0.5, 0.6) is 0 Å². The number of sulfonamides is 1. The zero-order valence-corrected chi connectivity index (χ0v) is 13.7. The van der Waals surface area contributed by atoms with Gasteiger partial charge in [-0.25, -0.2) is 13.1 Å². The smallest absolute Gasteiger partial charge is 0.241 e. The van der Waals surface area contributed by atoms with Crippen LogP contribution in [0.25, 0.3) is 0 Å². The number of benzene rings is 1. The van der Waals surface area contributed by atoms with Crippen LogP contribution in [0.2, 0.25) is 0 Å². The van der Waals surface area contributed by atoms with E-state index in [4.69, 9.17) is 5.11 Å². The second kappa shape index (κ2) is 5.73. The van der Waals surface area contributed by atoms with Crippen LogP contribution >= 0.6 is 27.7 Å². The molecule has 1 aliphatic rings. The van der Waals surface area contributed by atoms with Crippen LogP contribution in [0.1, 0.15) is 18.4 Å². The third-order valence-corrected chi connectivity index (χ3v) is 7.11. The molecule has 0 aromatic heterocycles. The molecule has 2 rings (SSSR count). The van der Waals surface area contributed by atoms with Crippen LogP contribution in [-0.4, -0.2) is 31.1 Å². The molecule has 0 aliphatic heterocycles. The molecule has 2 N–H and O–H groups in total. The maximum atomic E-state index is 12.3. The number of halogens is 1. The summed E-state index contributed by atoms with van der Waals surface area (Å²) in [6.45, 7) is 0.275. The average molecular weight is 366 g/mol. The molecule has 1 aliphatic carbocycles. The highest BCUT2D eigenvalue weighted by molar-refractivity contribution is 9.10. The summed E-state index contributed by atoms with van der Waals surface area (Å²) in [7, 11) is -3.55. The summed E-state index contributed by atoms with van der Waals surface area (Å²) < 4.78 is 27.8. The van der Waals surface area contributed by atoms with Crippen LogP contribution < -0.4 is 4.72 Å². The molecule has 1 fully saturated rings. The van der Waals surface area contributed by atoms with Crippen molar-refractivity contribution in [3.8, 4) is 0 Å². The number of hydrogen-bond donors (Lipinski definition) is 2. The van der Waals surface area contributed by atoms with E-state index < -0.39 is 10.0 Å². The average Bonchev–Trinajstić information content (AvgIpc) is 3.18. The van der Waals surface area contributed by atoms with Gasteiger partial charge in [0.05, 0.1) is 11.5 Å². The summed E-state index contributed by atoms with van der Waals surface area (Å²) in [6, 6.07) is 4.82. The first-order chi connectivity index (χ1) is 8.92. The van der Waals surface area contributed by atoms with Crippen molar-refractivity contribution >= 4 is 37.7 Å². The molecule has 0 unspecified atom stereocenters. The van der Waals surface area contributed by atoms with E-state index >= 15 is 0 Å². The molecule has 7 heteroatoms. The SMILES string of the molecule is CSC1(CNS(=O)(=O)c2cc(CO)ccc2Br)CC1. The second-order valence-electron chi connectivity index (χ2n) is 4.63. The molecule has 0 spiro atoms. The predicted octanol–water partition coefficient (Wildman–Crippen LogP) is 2.12. The van der Waals surface area contributed by atoms with Gasteiger partial charge in [-0.05, 0) is 52.7 Å². The van der Waals surface area contributed by atoms with Gasteiger partial charge in [-0.1, -0.05) is 6.07 Å². The van der Waals surface area contributed by atoms with E-state index in [1.54, 1.807) is 23.9 Å². The van der Waals surface area contributed by atoms with Crippen molar-refractivity contribution < 1.29 is 13.5 Å². The van der Waals surface area contributed by atoms with E-state index in [1.165, 1.54) is 6.07 Å². The highest BCUT2D eigenvalue weighted by Gasteiger charge is 2.42. The number of thioether (sulfide) groups is 1. The first-order valence-electron chi connectivity index (χ1n) is 5.86. The molecule has 0 radical (unpaired) electrons. The third-order valence-electron chi connectivity index (χ3n) is 3.29. The van der Waals surface area contributed by atoms with Crippen LogP contribution in [0.4, 0.5) is 0 Å². The first-order valence-corrected chi connectivity index (χ1v) is 9.37. The number of rotatable bonds is 6. The molecule has 0 amide bonds. The predicted molar refractivity (Wildman–Crippen MR) is 80.7 cm³/mol. The highest BCUT2D eigenvalue weighted by atomic mass is 79.9. The van der Waals surface area contributed by atoms with Crippen molar-refractivity contribution in [1.82, 2.24) is 4.72 Å². The molecule has 0 saturated heterocycles. The Hall–Kier alpha value is -0.0800. The summed E-state index contributed by atoms with van der Waals surface area (Å²) in [5.41, 5.74) is 0.578. The van der Waals surface area contributed by atoms with Gasteiger partial charge in [0.1, 0.15) is 0 Å². The second-order valence-corrected chi connectivity index (χ2v) is 8.50. The van der Waals surface area contributed by atoms with E-state index in [1.807, 2.05) is 6.26 Å². The fourth-order valence-electron chi connectivity index (χ4n) is 1.75. The summed E-state index contributed by atoms with van der Waals surface area (Å²) in [6.07, 6.45) is 4.10. The number of nitrogens with one attached hydrogen (secondary N) is 1. The van der Waals surface area contributed by atoms with E-state index in [0.29, 0.717) is 16.6 Å². The van der Waals surface area contributed by atoms with Gasteiger partial charge >= 0.3 is 0 Å². The summed E-state index contributed by atoms with van der Waals surface area (Å²) in [5, 5.41) is 9.09. The largest absolute Gasteiger partial charge is 0.392 e. The third kappa shape index (κ3) is 3.52. The van der Waals surface area contributed by atoms with E-state index in [-0.39, 0.29) is 16.2 Å². The number of aliphatic hydroxyl groups excluding tert-OH is 1. The summed E-state index contributed by atoms with van der Waals surface area (Å²) in [5.74, 6) is 0. The summed E-state index contributed by atoms with van der Waals surface area (Å²) >= 11 is 4.95. The number of hydrogen-bond acceptors (Lipinski definition) is 4. The Morgan fingerprint density at radius 2 is 2.16 bits per heavy atom. The minimum Gasteiger partial charge on any atom is -0.392 e. The van der Waals surface area contributed by atoms with Gasteiger partial charge in [-0.3, -0.25) is 0 Å². The molecular formula is C12H16BrNO3S2. The van der Waals surface area contributed by atoms with Gasteiger partial charge in [0.15, 0.2) is 0 Å². The Kier molecular flexibility index (Phi) is 4.62. The van der Waals surface area contributed by atoms with Gasteiger partial charge in [0, 0.05) is 15.8 Å². The Balaban J connectivity index is 2.19. The normalized spacial score (nSPS) is 17.4. The molecular weight excluding hydrogens is 350 g/mol. The minimum absolute atomic E-state index is 0.0775. The molecule has 1 aromatic carbocycles. The Labute approximate surface area is 126 Å². The molecule has 0 atom stereocenters. The van der Waals surface area contributed by atoms with Crippen molar-refractivity contribution in [1.29, 1.82) is 0 Å². The first kappa shape index (κ1) is 15.3. The van der Waals surface area contributed by atoms with Crippen molar-refractivity contribution in [3.05, 3.63) is 28.2 Å². The van der Waals surface area contributed by atoms with Crippen molar-refractivity contribution in [2.24, 2.45) is 0 Å². The lowest BCUT2D eigenvalue weighted by molar-refractivity contribution is 0.281. The zero-order valence-electron chi connectivity index (χ0n) is 10.5. The van der Waals surface area contributed by atoms with E-state index in [0.717, 1.165) is 12.8 Å². The minimum atomic E-state index is -3.55. The van der Waals surface area contributed by atoms with E-state index in [2.05, 4.69) is 20.7 Å². The zero-order chi connectivity index (χ0) is 14.1. The van der Waals surface area contributed by atoms with Gasteiger partial charge in [0.2, 0.25) is 10.0 Å². The maximum Gasteiger partial charge on any atom is 0.241 e. The Morgan fingerprint density at radius 1 is 1.47 bits per heavy atom. The standard InChI is InChI=1S/C12H16BrNO3S2/c1-18-12(4-5-12)8-14-19(16,17)11-6-9(7-15)2-3-10(11)13/h2-3,6,14-15H,4-5,7-8H2,1H3. The monoisotopic (exact) mass is 365 g/mol. The lowest BCUT2D eigenvalue weighted by atomic mass is 10.2. The van der Waals surface area contributed by atoms with Gasteiger partial charge in [0.25, 0.3) is 0 Å². The topological polar surface area (TPSA) is 66.4 Å². The molecule has 1 saturated carbocycles. The number of aliphatic hydroxyl groups is 1. The lowest BCUT2D eigenvalue weighted by Gasteiger charge is -2.14. The Bertz CT molecular complexity index is 570. The molecule has 0 heterocycles. The van der Waals surface area contributed by atoms with Crippen molar-refractivity contribution in [3.63, 3.8) is 0 Å². The quantitative estimate of drug-likeness (QED) is 0.810. The fraction of sp³-hybridized carbons (Fsp3) is 0.500. The molecule has 1 aromatic rings. The van der Waals surface area contributed by atoms with Crippen LogP contribution in [0, 0.1) is 0 Å². The molecule has 0 bridgehead atoms. The van der Waals surface area contributed by atoms with Crippen LogP contribution in [0.3, 0.4) is 0 Å². The van der Waals surface area contributed by atoms with Crippen LogP contribution in [0.15, 0.2) is 27.6 Å². The lowest BCUT2D eigenvalue weighted by Crippen LogP contribution is -2.32. The molecule has 4 nitrogen and oxygen atoms in total. The maximum absolute atomic E-state index is 12.3. The van der Waals surface area contributed by atoms with Crippen molar-refractivity contribution in [2.45, 2.75) is 29.1 Å². The molecule has 106 valence electrons. The van der Waals surface area contributed by atoms with E-state index in [9.17, 15) is 8.42 Å². The van der Waals surface area contributed by atoms with Crippen molar-refractivity contribution in [2.75, 3.05) is 12.8 Å². The van der Waals surface area contributed by atoms with Gasteiger partial charge < -0.3 is 5.11 Å². The summed E-state index contributed by atoms with van der Waals surface area (Å²) in [4.78, 5) is 0.177.